The predicted octanol–water partition coefficient (Wildman–Crippen LogP) is 4.76. The van der Waals surface area contributed by atoms with Crippen LogP contribution in [0.5, 0.6) is 23.1 Å². The van der Waals surface area contributed by atoms with Gasteiger partial charge in [-0.15, -0.1) is 0 Å². The number of nitrogens with zero attached hydrogens (tertiary/aromatic N) is 2. The van der Waals surface area contributed by atoms with Crippen molar-refractivity contribution in [2.45, 2.75) is 37.9 Å². The number of rotatable bonds is 5. The summed E-state index contributed by atoms with van der Waals surface area (Å²) in [5.41, 5.74) is -0.609. The molecular weight excluding hydrogens is 507 g/mol. The summed E-state index contributed by atoms with van der Waals surface area (Å²) in [6.07, 6.45) is 3.60. The Balaban J connectivity index is 1.34. The minimum absolute atomic E-state index is 0.00899. The van der Waals surface area contributed by atoms with Gasteiger partial charge in [0.15, 0.2) is 5.75 Å². The highest BCUT2D eigenvalue weighted by molar-refractivity contribution is 6.36. The molecule has 0 N–H and O–H groups in total. The van der Waals surface area contributed by atoms with E-state index < -0.39 is 23.1 Å². The van der Waals surface area contributed by atoms with Crippen molar-refractivity contribution in [3.8, 4) is 23.1 Å². The summed E-state index contributed by atoms with van der Waals surface area (Å²) in [6, 6.07) is 6.83. The Kier molecular flexibility index (Phi) is 6.51. The normalized spacial score (nSPS) is 23.9. The largest absolute Gasteiger partial charge is 0.496 e. The summed E-state index contributed by atoms with van der Waals surface area (Å²) in [6.45, 7) is 3.29. The zero-order valence-electron chi connectivity index (χ0n) is 20.2. The lowest BCUT2D eigenvalue weighted by Crippen LogP contribution is -2.56. The molecule has 2 unspecified atom stereocenters. The standard InChI is InChI=1S/C26H26Cl2N2O6/c1-14-11-15(30-9-7-16(8-10-30)35-21-6-4-5-20(27)29-21)12-19(31)26(14)25(32)22-17(33-2)13-18(34-3)23(28)24(22)36-26/h4-6,12-14,16H,7-11H2,1-3H3. The summed E-state index contributed by atoms with van der Waals surface area (Å²) in [7, 11) is 2.91. The van der Waals surface area contributed by atoms with Gasteiger partial charge in [0, 0.05) is 55.8 Å². The van der Waals surface area contributed by atoms with Crippen LogP contribution in [-0.2, 0) is 4.79 Å². The van der Waals surface area contributed by atoms with E-state index in [1.54, 1.807) is 24.3 Å². The number of methoxy groups -OCH3 is 2. The number of ether oxygens (including phenoxy) is 4. The molecule has 0 bridgehead atoms. The molecule has 2 atom stereocenters. The second-order valence-corrected chi connectivity index (χ2v) is 9.94. The van der Waals surface area contributed by atoms with Gasteiger partial charge < -0.3 is 23.8 Å². The molecular formula is C26H26Cl2N2O6. The molecule has 8 nitrogen and oxygen atoms in total. The van der Waals surface area contributed by atoms with Gasteiger partial charge in [-0.05, 0) is 12.5 Å². The first-order chi connectivity index (χ1) is 17.3. The molecule has 0 amide bonds. The van der Waals surface area contributed by atoms with E-state index in [4.69, 9.17) is 42.1 Å². The number of hydrogen-bond donors (Lipinski definition) is 0. The molecule has 190 valence electrons. The first-order valence-corrected chi connectivity index (χ1v) is 12.5. The van der Waals surface area contributed by atoms with E-state index in [9.17, 15) is 9.59 Å². The van der Waals surface area contributed by atoms with Gasteiger partial charge in [-0.25, -0.2) is 4.98 Å². The van der Waals surface area contributed by atoms with E-state index >= 15 is 0 Å². The van der Waals surface area contributed by atoms with Gasteiger partial charge in [0.2, 0.25) is 23.0 Å². The van der Waals surface area contributed by atoms with E-state index in [1.807, 2.05) is 6.92 Å². The fourth-order valence-electron chi connectivity index (χ4n) is 5.21. The third kappa shape index (κ3) is 3.96. The number of hydrogen-bond acceptors (Lipinski definition) is 8. The fourth-order valence-corrected chi connectivity index (χ4v) is 5.63. The van der Waals surface area contributed by atoms with Crippen LogP contribution in [0.15, 0.2) is 36.0 Å². The lowest BCUT2D eigenvalue weighted by atomic mass is 9.74. The van der Waals surface area contributed by atoms with Crippen LogP contribution in [0, 0.1) is 5.92 Å². The molecule has 5 rings (SSSR count). The lowest BCUT2D eigenvalue weighted by molar-refractivity contribution is -0.129. The minimum atomic E-state index is -1.67. The summed E-state index contributed by atoms with van der Waals surface area (Å²) in [5.74, 6) is -0.0417. The van der Waals surface area contributed by atoms with Gasteiger partial charge in [-0.1, -0.05) is 36.2 Å². The average molecular weight is 533 g/mol. The fraction of sp³-hybridized carbons (Fsp3) is 0.423. The molecule has 3 aliphatic rings. The number of piperidine rings is 1. The van der Waals surface area contributed by atoms with Crippen LogP contribution in [0.4, 0.5) is 0 Å². The number of likely N-dealkylation sites (tertiary alicyclic amines) is 1. The minimum Gasteiger partial charge on any atom is -0.496 e. The molecule has 0 radical (unpaired) electrons. The molecule has 0 saturated carbocycles. The Bertz CT molecular complexity index is 1260. The quantitative estimate of drug-likeness (QED) is 0.402. The van der Waals surface area contributed by atoms with Crippen LogP contribution < -0.4 is 18.9 Å². The van der Waals surface area contributed by atoms with Crippen LogP contribution in [0.25, 0.3) is 0 Å². The number of pyridine rings is 1. The zero-order chi connectivity index (χ0) is 25.6. The Morgan fingerprint density at radius 1 is 1.11 bits per heavy atom. The second kappa shape index (κ2) is 9.48. The van der Waals surface area contributed by atoms with E-state index in [2.05, 4.69) is 9.88 Å². The molecule has 1 spiro atoms. The predicted molar refractivity (Wildman–Crippen MR) is 134 cm³/mol. The third-order valence-electron chi connectivity index (χ3n) is 7.12. The smallest absolute Gasteiger partial charge is 0.236 e. The zero-order valence-corrected chi connectivity index (χ0v) is 21.7. The molecule has 1 aromatic carbocycles. The topological polar surface area (TPSA) is 87.2 Å². The van der Waals surface area contributed by atoms with E-state index in [-0.39, 0.29) is 28.2 Å². The SMILES string of the molecule is COc1cc(OC)c2c(c1Cl)OC1(C(=O)C=C(N3CCC(Oc4cccc(Cl)n4)CC3)CC1C)C2=O. The number of aromatic nitrogens is 1. The van der Waals surface area contributed by atoms with Gasteiger partial charge >= 0.3 is 0 Å². The van der Waals surface area contributed by atoms with E-state index in [0.717, 1.165) is 31.6 Å². The summed E-state index contributed by atoms with van der Waals surface area (Å²) >= 11 is 12.4. The molecule has 2 aliphatic heterocycles. The summed E-state index contributed by atoms with van der Waals surface area (Å²) in [4.78, 5) is 33.6. The summed E-state index contributed by atoms with van der Waals surface area (Å²) < 4.78 is 22.8. The van der Waals surface area contributed by atoms with Crippen molar-refractivity contribution >= 4 is 34.8 Å². The lowest BCUT2D eigenvalue weighted by Gasteiger charge is -2.41. The van der Waals surface area contributed by atoms with Crippen LogP contribution >= 0.6 is 23.2 Å². The number of halogens is 2. The number of carbonyl (C=O) groups is 2. The van der Waals surface area contributed by atoms with Crippen molar-refractivity contribution in [2.24, 2.45) is 5.92 Å². The Hall–Kier alpha value is -2.97. The van der Waals surface area contributed by atoms with Gasteiger partial charge in [0.1, 0.15) is 33.3 Å². The van der Waals surface area contributed by atoms with Crippen LogP contribution in [-0.4, -0.2) is 60.5 Å². The molecule has 1 saturated heterocycles. The maximum Gasteiger partial charge on any atom is 0.236 e. The number of carbonyl (C=O) groups excluding carboxylic acids is 2. The first kappa shape index (κ1) is 24.7. The maximum absolute atomic E-state index is 13.6. The Morgan fingerprint density at radius 2 is 1.83 bits per heavy atom. The van der Waals surface area contributed by atoms with E-state index in [0.29, 0.717) is 23.2 Å². The van der Waals surface area contributed by atoms with Crippen LogP contribution in [0.2, 0.25) is 10.2 Å². The van der Waals surface area contributed by atoms with Gasteiger partial charge in [0.25, 0.3) is 0 Å². The first-order valence-electron chi connectivity index (χ1n) is 11.8. The molecule has 3 heterocycles. The van der Waals surface area contributed by atoms with Gasteiger partial charge in [-0.2, -0.15) is 0 Å². The highest BCUT2D eigenvalue weighted by atomic mass is 35.5. The van der Waals surface area contributed by atoms with Crippen molar-refractivity contribution in [3.05, 3.63) is 51.8 Å². The molecule has 10 heteroatoms. The van der Waals surface area contributed by atoms with Crippen molar-refractivity contribution in [1.82, 2.24) is 9.88 Å². The summed E-state index contributed by atoms with van der Waals surface area (Å²) in [5, 5.41) is 0.534. The number of Topliss-reactive ketones (excluding diaryl/α,β-unsaturated/α-hetero) is 1. The molecule has 1 fully saturated rings. The molecule has 1 aliphatic carbocycles. The van der Waals surface area contributed by atoms with Crippen molar-refractivity contribution < 1.29 is 28.5 Å². The number of fused-ring (bicyclic) bond motifs is 1. The van der Waals surface area contributed by atoms with Crippen LogP contribution in [0.3, 0.4) is 0 Å². The van der Waals surface area contributed by atoms with Crippen molar-refractivity contribution in [3.63, 3.8) is 0 Å². The highest BCUT2D eigenvalue weighted by Gasteiger charge is 2.60. The molecule has 36 heavy (non-hydrogen) atoms. The third-order valence-corrected chi connectivity index (χ3v) is 7.69. The number of ketones is 2. The Morgan fingerprint density at radius 3 is 2.47 bits per heavy atom. The highest BCUT2D eigenvalue weighted by Crippen LogP contribution is 2.53. The monoisotopic (exact) mass is 532 g/mol. The number of benzene rings is 1. The van der Waals surface area contributed by atoms with Crippen molar-refractivity contribution in [1.29, 1.82) is 0 Å². The van der Waals surface area contributed by atoms with E-state index in [1.165, 1.54) is 20.3 Å². The average Bonchev–Trinajstić information content (AvgIpc) is 3.18. The number of allylic oxidation sites excluding steroid dienone is 1. The second-order valence-electron chi connectivity index (χ2n) is 9.17. The van der Waals surface area contributed by atoms with Crippen molar-refractivity contribution in [2.75, 3.05) is 27.3 Å². The molecule has 2 aromatic rings. The van der Waals surface area contributed by atoms with Gasteiger partial charge in [-0.3, -0.25) is 9.59 Å². The van der Waals surface area contributed by atoms with Crippen LogP contribution in [0.1, 0.15) is 36.5 Å². The molecule has 1 aromatic heterocycles. The Labute approximate surface area is 219 Å². The maximum atomic E-state index is 13.6. The van der Waals surface area contributed by atoms with Gasteiger partial charge in [0.05, 0.1) is 14.2 Å².